The zero-order chi connectivity index (χ0) is 17.1. The normalized spacial score (nSPS) is 18.3. The number of hydrogen-bond acceptors (Lipinski definition) is 3. The van der Waals surface area contributed by atoms with Gasteiger partial charge in [-0.1, -0.05) is 30.3 Å². The highest BCUT2D eigenvalue weighted by Gasteiger charge is 2.17. The highest BCUT2D eigenvalue weighted by atomic mass is 16.5. The first kappa shape index (κ1) is 9.28. The van der Waals surface area contributed by atoms with E-state index in [0.717, 1.165) is 4.68 Å². The van der Waals surface area contributed by atoms with Crippen molar-refractivity contribution in [2.24, 2.45) is 6.98 Å². The zero-order valence-electron chi connectivity index (χ0n) is 15.2. The largest absolute Gasteiger partial charge is 0.366 e. The van der Waals surface area contributed by atoms with E-state index in [1.54, 1.807) is 24.3 Å². The molecule has 0 aliphatic rings. The van der Waals surface area contributed by atoms with Gasteiger partial charge < -0.3 is 9.64 Å². The number of likely N-dealkylation sites (N-methyl/N-ethyl adjacent to an activating group) is 1. The van der Waals surface area contributed by atoms with E-state index < -0.39 is 13.1 Å². The van der Waals surface area contributed by atoms with Gasteiger partial charge in [0, 0.05) is 23.8 Å². The molecule has 2 aromatic rings. The summed E-state index contributed by atoms with van der Waals surface area (Å²) in [5.41, 5.74) is 0.743. The van der Waals surface area contributed by atoms with Crippen LogP contribution < -0.4 is 0 Å². The quantitative estimate of drug-likeness (QED) is 0.799. The van der Waals surface area contributed by atoms with Crippen LogP contribution in [-0.2, 0) is 11.7 Å². The van der Waals surface area contributed by atoms with Crippen molar-refractivity contribution < 1.29 is 10.2 Å². The molecule has 0 bridgehead atoms. The standard InChI is InChI=1S/C15H21N3O/c1-17(2)11-12-19-15(13-7-5-4-6-8-13)14-9-10-16-18(14)3/h4-10,15H,11-12H2,1-3H3/i3D3,15D. The van der Waals surface area contributed by atoms with Crippen LogP contribution in [0.3, 0.4) is 0 Å². The van der Waals surface area contributed by atoms with E-state index in [9.17, 15) is 0 Å². The molecule has 1 aromatic heterocycles. The number of hydrogen-bond donors (Lipinski definition) is 0. The van der Waals surface area contributed by atoms with Crippen LogP contribution in [0, 0.1) is 0 Å². The summed E-state index contributed by atoms with van der Waals surface area (Å²) in [5, 5.41) is 3.87. The van der Waals surface area contributed by atoms with Crippen molar-refractivity contribution >= 4 is 0 Å². The molecule has 0 radical (unpaired) electrons. The first-order valence-corrected chi connectivity index (χ1v) is 6.14. The van der Waals surface area contributed by atoms with Crippen LogP contribution in [0.25, 0.3) is 0 Å². The van der Waals surface area contributed by atoms with Crippen molar-refractivity contribution in [1.29, 1.82) is 0 Å². The Bertz CT molecular complexity index is 627. The zero-order valence-corrected chi connectivity index (χ0v) is 11.2. The fourth-order valence-corrected chi connectivity index (χ4v) is 1.70. The van der Waals surface area contributed by atoms with Crippen LogP contribution in [0.15, 0.2) is 42.6 Å². The van der Waals surface area contributed by atoms with Gasteiger partial charge in [0.05, 0.1) is 13.7 Å². The smallest absolute Gasteiger partial charge is 0.124 e. The fraction of sp³-hybridized carbons (Fsp3) is 0.400. The lowest BCUT2D eigenvalue weighted by molar-refractivity contribution is 0.0638. The number of aromatic nitrogens is 2. The molecular formula is C15H21N3O. The van der Waals surface area contributed by atoms with E-state index in [-0.39, 0.29) is 12.3 Å². The molecule has 102 valence electrons. The van der Waals surface area contributed by atoms with Crippen LogP contribution >= 0.6 is 0 Å². The third-order valence-electron chi connectivity index (χ3n) is 2.70. The Balaban J connectivity index is 2.44. The number of ether oxygens (including phenoxy) is 1. The molecule has 19 heavy (non-hydrogen) atoms. The Morgan fingerprint density at radius 3 is 2.84 bits per heavy atom. The van der Waals surface area contributed by atoms with E-state index in [1.807, 2.05) is 25.1 Å². The average molecular weight is 263 g/mol. The van der Waals surface area contributed by atoms with E-state index in [0.29, 0.717) is 12.1 Å². The molecule has 1 unspecified atom stereocenters. The molecule has 1 heterocycles. The van der Waals surface area contributed by atoms with Gasteiger partial charge in [-0.25, -0.2) is 0 Å². The number of rotatable bonds is 6. The molecule has 0 aliphatic carbocycles. The highest BCUT2D eigenvalue weighted by molar-refractivity contribution is 5.25. The van der Waals surface area contributed by atoms with Crippen molar-refractivity contribution in [3.63, 3.8) is 0 Å². The van der Waals surface area contributed by atoms with E-state index in [4.69, 9.17) is 10.2 Å². The summed E-state index contributed by atoms with van der Waals surface area (Å²) in [5.74, 6) is 0. The summed E-state index contributed by atoms with van der Waals surface area (Å²) in [7, 11) is 3.81. The number of benzene rings is 1. The number of aryl methyl sites for hydroxylation is 1. The van der Waals surface area contributed by atoms with Gasteiger partial charge in [0.25, 0.3) is 0 Å². The van der Waals surface area contributed by atoms with Gasteiger partial charge in [-0.2, -0.15) is 5.10 Å². The maximum atomic E-state index is 8.83. The Morgan fingerprint density at radius 1 is 1.37 bits per heavy atom. The molecule has 0 amide bonds. The highest BCUT2D eigenvalue weighted by Crippen LogP contribution is 2.25. The molecule has 0 N–H and O–H groups in total. The lowest BCUT2D eigenvalue weighted by Gasteiger charge is -2.20. The first-order chi connectivity index (χ1) is 10.7. The van der Waals surface area contributed by atoms with Gasteiger partial charge in [0.2, 0.25) is 0 Å². The minimum absolute atomic E-state index is 0.183. The third kappa shape index (κ3) is 3.66. The maximum Gasteiger partial charge on any atom is 0.124 e. The molecule has 0 spiro atoms. The van der Waals surface area contributed by atoms with Crippen LogP contribution in [-0.4, -0.2) is 41.9 Å². The van der Waals surface area contributed by atoms with Gasteiger partial charge in [-0.15, -0.1) is 0 Å². The molecule has 0 saturated carbocycles. The van der Waals surface area contributed by atoms with Gasteiger partial charge in [0.15, 0.2) is 0 Å². The summed E-state index contributed by atoms with van der Waals surface area (Å²) in [4.78, 5) is 1.94. The minimum atomic E-state index is -2.47. The Hall–Kier alpha value is -1.65. The lowest BCUT2D eigenvalue weighted by atomic mass is 10.1. The van der Waals surface area contributed by atoms with Crippen molar-refractivity contribution in [1.82, 2.24) is 14.7 Å². The third-order valence-corrected chi connectivity index (χ3v) is 2.70. The molecule has 1 aromatic carbocycles. The summed E-state index contributed by atoms with van der Waals surface area (Å²) < 4.78 is 38.3. The molecule has 4 nitrogen and oxygen atoms in total. The van der Waals surface area contributed by atoms with Crippen LogP contribution in [0.4, 0.5) is 0 Å². The van der Waals surface area contributed by atoms with Gasteiger partial charge >= 0.3 is 0 Å². The van der Waals surface area contributed by atoms with Gasteiger partial charge in [-0.05, 0) is 25.7 Å². The van der Waals surface area contributed by atoms with Crippen LogP contribution in [0.2, 0.25) is 0 Å². The van der Waals surface area contributed by atoms with E-state index in [2.05, 4.69) is 5.10 Å². The van der Waals surface area contributed by atoms with Gasteiger partial charge in [-0.3, -0.25) is 4.68 Å². The topological polar surface area (TPSA) is 30.3 Å². The molecule has 0 aliphatic heterocycles. The van der Waals surface area contributed by atoms with Crippen molar-refractivity contribution in [2.45, 2.75) is 6.08 Å². The summed E-state index contributed by atoms with van der Waals surface area (Å²) in [6.45, 7) is -1.56. The second kappa shape index (κ2) is 6.50. The monoisotopic (exact) mass is 263 g/mol. The predicted molar refractivity (Wildman–Crippen MR) is 76.0 cm³/mol. The number of nitrogens with zero attached hydrogens (tertiary/aromatic N) is 3. The average Bonchev–Trinajstić information content (AvgIpc) is 2.98. The second-order valence-electron chi connectivity index (χ2n) is 4.48. The molecular weight excluding hydrogens is 238 g/mol. The Kier molecular flexibility index (Phi) is 3.18. The summed E-state index contributed by atoms with van der Waals surface area (Å²) in [6.07, 6.45) is -0.259. The van der Waals surface area contributed by atoms with Gasteiger partial charge in [0.1, 0.15) is 6.08 Å². The Labute approximate surface area is 120 Å². The molecule has 4 heteroatoms. The maximum absolute atomic E-state index is 8.83. The van der Waals surface area contributed by atoms with E-state index in [1.165, 1.54) is 12.3 Å². The first-order valence-electron chi connectivity index (χ1n) is 8.14. The van der Waals surface area contributed by atoms with Crippen molar-refractivity contribution in [3.8, 4) is 0 Å². The summed E-state index contributed by atoms with van der Waals surface area (Å²) in [6, 6.07) is 10.4. The Morgan fingerprint density at radius 2 is 2.16 bits per heavy atom. The molecule has 1 atom stereocenters. The van der Waals surface area contributed by atoms with Crippen molar-refractivity contribution in [2.75, 3.05) is 27.2 Å². The van der Waals surface area contributed by atoms with Crippen molar-refractivity contribution in [3.05, 3.63) is 53.9 Å². The SMILES string of the molecule is [2H]C(OCCN(C)C)(c1ccccc1)c1ccnn1C([2H])([2H])[2H]. The second-order valence-corrected chi connectivity index (χ2v) is 4.48. The molecule has 2 rings (SSSR count). The predicted octanol–water partition coefficient (Wildman–Crippen LogP) is 2.09. The van der Waals surface area contributed by atoms with E-state index >= 15 is 0 Å². The fourth-order valence-electron chi connectivity index (χ4n) is 1.70. The van der Waals surface area contributed by atoms with Crippen LogP contribution in [0.1, 0.15) is 22.8 Å². The molecule has 0 saturated heterocycles. The minimum Gasteiger partial charge on any atom is -0.366 e. The lowest BCUT2D eigenvalue weighted by Crippen LogP contribution is -2.20. The summed E-state index contributed by atoms with van der Waals surface area (Å²) >= 11 is 0. The molecule has 0 fully saturated rings. The van der Waals surface area contributed by atoms with Crippen LogP contribution in [0.5, 0.6) is 0 Å².